The lowest BCUT2D eigenvalue weighted by molar-refractivity contribution is -0.148. The average Bonchev–Trinajstić information content (AvgIpc) is 3.18. The van der Waals surface area contributed by atoms with Gasteiger partial charge in [-0.15, -0.1) is 23.2 Å². The molecule has 2 atom stereocenters. The van der Waals surface area contributed by atoms with Gasteiger partial charge in [0.05, 0.1) is 23.7 Å². The van der Waals surface area contributed by atoms with Gasteiger partial charge in [0.2, 0.25) is 5.91 Å². The van der Waals surface area contributed by atoms with Crippen molar-refractivity contribution in [1.82, 2.24) is 19.8 Å². The summed E-state index contributed by atoms with van der Waals surface area (Å²) in [5.74, 6) is 1.28. The molecule has 0 spiro atoms. The predicted molar refractivity (Wildman–Crippen MR) is 156 cm³/mol. The number of aryl methyl sites for hydroxylation is 2. The average molecular weight is 572 g/mol. The zero-order valence-corrected chi connectivity index (χ0v) is 24.9. The number of halogens is 2. The molecule has 9 nitrogen and oxygen atoms in total. The number of carbonyl (C=O) groups is 2. The number of nitrogens with zero attached hydrogens (tertiary/aromatic N) is 4. The zero-order chi connectivity index (χ0) is 28.2. The molecular weight excluding hydrogens is 527 g/mol. The fourth-order valence-electron chi connectivity index (χ4n) is 4.27. The minimum absolute atomic E-state index is 0.209. The number of imidazole rings is 1. The van der Waals surface area contributed by atoms with Crippen molar-refractivity contribution in [3.05, 3.63) is 24.0 Å². The summed E-state index contributed by atoms with van der Waals surface area (Å²) in [6, 6.07) is 4.62. The van der Waals surface area contributed by atoms with Gasteiger partial charge < -0.3 is 30.2 Å². The molecule has 0 aliphatic heterocycles. The quantitative estimate of drug-likeness (QED) is 0.171. The monoisotopic (exact) mass is 570 g/mol. The molecule has 0 unspecified atom stereocenters. The Bertz CT molecular complexity index is 1020. The number of ether oxygens (including phenoxy) is 1. The number of carbonyl (C=O) groups excluding carboxylic acids is 2. The molecule has 0 saturated carbocycles. The number of nitrogens with one attached hydrogen (secondary N) is 1. The summed E-state index contributed by atoms with van der Waals surface area (Å²) in [5, 5.41) is 2.82. The zero-order valence-electron chi connectivity index (χ0n) is 23.4. The number of alkyl halides is 2. The summed E-state index contributed by atoms with van der Waals surface area (Å²) in [6.45, 7) is 6.54. The lowest BCUT2D eigenvalue weighted by Crippen LogP contribution is -2.49. The molecule has 0 fully saturated rings. The number of rotatable bonds is 17. The summed E-state index contributed by atoms with van der Waals surface area (Å²) < 4.78 is 7.44. The van der Waals surface area contributed by atoms with E-state index in [0.29, 0.717) is 50.7 Å². The van der Waals surface area contributed by atoms with Gasteiger partial charge in [0.25, 0.3) is 0 Å². The third kappa shape index (κ3) is 9.91. The van der Waals surface area contributed by atoms with E-state index in [1.165, 1.54) is 0 Å². The van der Waals surface area contributed by atoms with E-state index in [1.54, 1.807) is 0 Å². The number of fused-ring (bicyclic) bond motifs is 1. The van der Waals surface area contributed by atoms with E-state index in [1.807, 2.05) is 62.7 Å². The maximum Gasteiger partial charge on any atom is 0.328 e. The minimum atomic E-state index is -0.774. The second-order valence-electron chi connectivity index (χ2n) is 10.3. The van der Waals surface area contributed by atoms with Crippen LogP contribution in [0, 0.1) is 5.92 Å². The van der Waals surface area contributed by atoms with Gasteiger partial charge in [0.1, 0.15) is 11.9 Å². The molecule has 0 bridgehead atoms. The molecule has 1 amide bonds. The van der Waals surface area contributed by atoms with Crippen molar-refractivity contribution in [2.24, 2.45) is 18.7 Å². The van der Waals surface area contributed by atoms with E-state index in [-0.39, 0.29) is 11.8 Å². The van der Waals surface area contributed by atoms with Gasteiger partial charge in [-0.05, 0) is 57.5 Å². The first-order chi connectivity index (χ1) is 18.1. The fourth-order valence-corrected chi connectivity index (χ4v) is 4.67. The number of nitrogens with two attached hydrogens (primary N) is 1. The Morgan fingerprint density at radius 2 is 1.84 bits per heavy atom. The van der Waals surface area contributed by atoms with Crippen molar-refractivity contribution in [1.29, 1.82) is 0 Å². The molecule has 214 valence electrons. The first-order valence-corrected chi connectivity index (χ1v) is 14.3. The number of hydrogen-bond acceptors (Lipinski definition) is 7. The number of benzene rings is 1. The van der Waals surface area contributed by atoms with E-state index in [4.69, 9.17) is 38.7 Å². The fraction of sp³-hybridized carbons (Fsp3) is 0.667. The summed E-state index contributed by atoms with van der Waals surface area (Å²) in [4.78, 5) is 34.5. The van der Waals surface area contributed by atoms with Gasteiger partial charge in [-0.1, -0.05) is 13.8 Å². The smallest absolute Gasteiger partial charge is 0.328 e. The van der Waals surface area contributed by atoms with Gasteiger partial charge in [-0.2, -0.15) is 0 Å². The third-order valence-corrected chi connectivity index (χ3v) is 6.69. The number of aromatic nitrogens is 2. The summed E-state index contributed by atoms with van der Waals surface area (Å²) in [7, 11) is 5.89. The van der Waals surface area contributed by atoms with Crippen LogP contribution in [0.15, 0.2) is 18.2 Å². The van der Waals surface area contributed by atoms with Crippen LogP contribution in [0.25, 0.3) is 11.0 Å². The summed E-state index contributed by atoms with van der Waals surface area (Å²) in [5.41, 5.74) is 9.11. The Balaban J connectivity index is 2.01. The highest BCUT2D eigenvalue weighted by Gasteiger charge is 2.26. The first-order valence-electron chi connectivity index (χ1n) is 13.3. The lowest BCUT2D eigenvalue weighted by Gasteiger charge is -2.22. The summed E-state index contributed by atoms with van der Waals surface area (Å²) >= 11 is 11.9. The first kappa shape index (κ1) is 32.1. The standard InChI is InChI=1S/C27H44Cl2N6O3/c1-19(2)17-23(27(37)38-16-6-13-33(3)4)32-26(36)21(30)8-10-25-31-22-18-20(7-9-24(22)34(25)5)35(14-11-28)15-12-29/h7,9,18-19,21,23H,6,8,10-17,30H2,1-5H3,(H,32,36)/t21-,23-/m0/s1. The van der Waals surface area contributed by atoms with Gasteiger partial charge in [-0.3, -0.25) is 4.79 Å². The van der Waals surface area contributed by atoms with E-state index in [2.05, 4.69) is 10.2 Å². The van der Waals surface area contributed by atoms with Crippen LogP contribution in [0.3, 0.4) is 0 Å². The van der Waals surface area contributed by atoms with Gasteiger partial charge >= 0.3 is 5.97 Å². The molecule has 3 N–H and O–H groups in total. The maximum atomic E-state index is 12.9. The Morgan fingerprint density at radius 3 is 2.45 bits per heavy atom. The Hall–Kier alpha value is -2.07. The molecule has 2 aromatic rings. The normalized spacial score (nSPS) is 13.2. The van der Waals surface area contributed by atoms with E-state index in [9.17, 15) is 9.59 Å². The van der Waals surface area contributed by atoms with Gasteiger partial charge in [-0.25, -0.2) is 9.78 Å². The highest BCUT2D eigenvalue weighted by atomic mass is 35.5. The Kier molecular flexibility index (Phi) is 13.6. The number of hydrogen-bond donors (Lipinski definition) is 2. The van der Waals surface area contributed by atoms with Gasteiger partial charge in [0.15, 0.2) is 0 Å². The molecule has 11 heteroatoms. The molecule has 2 rings (SSSR count). The molecule has 0 radical (unpaired) electrons. The van der Waals surface area contributed by atoms with Crippen molar-refractivity contribution in [3.8, 4) is 0 Å². The molecule has 1 heterocycles. The van der Waals surface area contributed by atoms with Crippen LogP contribution >= 0.6 is 23.2 Å². The number of esters is 1. The van der Waals surface area contributed by atoms with Crippen molar-refractivity contribution in [3.63, 3.8) is 0 Å². The molecule has 0 aliphatic rings. The van der Waals surface area contributed by atoms with Crippen molar-refractivity contribution >= 4 is 51.8 Å². The second kappa shape index (κ2) is 16.1. The largest absolute Gasteiger partial charge is 0.464 e. The maximum absolute atomic E-state index is 12.9. The van der Waals surface area contributed by atoms with Crippen molar-refractivity contribution < 1.29 is 14.3 Å². The van der Waals surface area contributed by atoms with Crippen LogP contribution in [0.4, 0.5) is 5.69 Å². The molecule has 1 aromatic heterocycles. The predicted octanol–water partition coefficient (Wildman–Crippen LogP) is 3.14. The van der Waals surface area contributed by atoms with E-state index in [0.717, 1.165) is 35.5 Å². The van der Waals surface area contributed by atoms with Gasteiger partial charge in [0, 0.05) is 50.6 Å². The van der Waals surface area contributed by atoms with Crippen LogP contribution in [0.2, 0.25) is 0 Å². The van der Waals surface area contributed by atoms with Crippen molar-refractivity contribution in [2.75, 3.05) is 57.0 Å². The molecule has 0 saturated heterocycles. The lowest BCUT2D eigenvalue weighted by atomic mass is 10.0. The van der Waals surface area contributed by atoms with Crippen molar-refractivity contribution in [2.45, 2.75) is 51.6 Å². The molecule has 1 aromatic carbocycles. The number of anilines is 1. The highest BCUT2D eigenvalue weighted by Crippen LogP contribution is 2.23. The highest BCUT2D eigenvalue weighted by molar-refractivity contribution is 6.18. The Labute approximate surface area is 237 Å². The minimum Gasteiger partial charge on any atom is -0.464 e. The van der Waals surface area contributed by atoms with Crippen LogP contribution < -0.4 is 16.0 Å². The van der Waals surface area contributed by atoms with E-state index >= 15 is 0 Å². The second-order valence-corrected chi connectivity index (χ2v) is 11.0. The third-order valence-electron chi connectivity index (χ3n) is 6.35. The van der Waals surface area contributed by atoms with Crippen LogP contribution in [0.5, 0.6) is 0 Å². The van der Waals surface area contributed by atoms with Crippen LogP contribution in [-0.4, -0.2) is 90.5 Å². The molecule has 0 aliphatic carbocycles. The Morgan fingerprint density at radius 1 is 1.16 bits per heavy atom. The molecular formula is C27H44Cl2N6O3. The topological polar surface area (TPSA) is 106 Å². The molecule has 38 heavy (non-hydrogen) atoms. The van der Waals surface area contributed by atoms with Crippen LogP contribution in [-0.2, 0) is 27.8 Å². The summed E-state index contributed by atoms with van der Waals surface area (Å²) in [6.07, 6.45) is 2.14. The van der Waals surface area contributed by atoms with E-state index < -0.39 is 18.1 Å². The number of amides is 1. The van der Waals surface area contributed by atoms with Crippen LogP contribution in [0.1, 0.15) is 38.9 Å². The SMILES string of the molecule is CC(C)C[C@H](NC(=O)[C@@H](N)CCc1nc2cc(N(CCCl)CCCl)ccc2n1C)C(=O)OCCCN(C)C.